The first kappa shape index (κ1) is 15.4. The standard InChI is InChI=1S/C15H18N2O3S/c1-10-6-4-5-7-13(10)9-21(19)12(3)15(18)16-14-8-11(2)20-17-14/h4-8,12H,9H2,1-3H3,(H,16,17,18)/t12-,21+/m1/s1. The third kappa shape index (κ3) is 4.01. The molecule has 0 aliphatic rings. The zero-order chi connectivity index (χ0) is 15.4. The van der Waals surface area contributed by atoms with Gasteiger partial charge in [-0.15, -0.1) is 0 Å². The van der Waals surface area contributed by atoms with Crippen LogP contribution in [0.15, 0.2) is 34.9 Å². The summed E-state index contributed by atoms with van der Waals surface area (Å²) in [7, 11) is -1.29. The summed E-state index contributed by atoms with van der Waals surface area (Å²) >= 11 is 0. The van der Waals surface area contributed by atoms with Crippen molar-refractivity contribution in [2.45, 2.75) is 31.8 Å². The number of benzene rings is 1. The molecule has 1 aromatic heterocycles. The van der Waals surface area contributed by atoms with Gasteiger partial charge >= 0.3 is 0 Å². The normalized spacial score (nSPS) is 13.7. The molecule has 2 aromatic rings. The Bertz CT molecular complexity index is 666. The van der Waals surface area contributed by atoms with Crippen LogP contribution in [0.3, 0.4) is 0 Å². The number of rotatable bonds is 5. The van der Waals surface area contributed by atoms with Crippen molar-refractivity contribution in [3.05, 3.63) is 47.2 Å². The molecule has 1 heterocycles. The number of carbonyl (C=O) groups is 1. The Kier molecular flexibility index (Phi) is 4.90. The fourth-order valence-corrected chi connectivity index (χ4v) is 3.00. The first-order valence-corrected chi connectivity index (χ1v) is 8.01. The molecule has 5 nitrogen and oxygen atoms in total. The fraction of sp³-hybridized carbons (Fsp3) is 0.333. The first-order valence-electron chi connectivity index (χ1n) is 6.63. The van der Waals surface area contributed by atoms with Crippen molar-refractivity contribution in [1.29, 1.82) is 0 Å². The van der Waals surface area contributed by atoms with Crippen molar-refractivity contribution in [2.24, 2.45) is 0 Å². The topological polar surface area (TPSA) is 72.2 Å². The maximum Gasteiger partial charge on any atom is 0.241 e. The Labute approximate surface area is 126 Å². The molecule has 21 heavy (non-hydrogen) atoms. The van der Waals surface area contributed by atoms with Crippen LogP contribution < -0.4 is 5.32 Å². The van der Waals surface area contributed by atoms with Gasteiger partial charge < -0.3 is 9.84 Å². The zero-order valence-electron chi connectivity index (χ0n) is 12.3. The van der Waals surface area contributed by atoms with Crippen LogP contribution in [0.25, 0.3) is 0 Å². The maximum absolute atomic E-state index is 12.3. The molecule has 0 saturated carbocycles. The number of aromatic nitrogens is 1. The first-order chi connectivity index (χ1) is 9.97. The highest BCUT2D eigenvalue weighted by molar-refractivity contribution is 7.85. The van der Waals surface area contributed by atoms with Crippen LogP contribution in [0.4, 0.5) is 5.82 Å². The van der Waals surface area contributed by atoms with Gasteiger partial charge in [-0.2, -0.15) is 0 Å². The lowest BCUT2D eigenvalue weighted by molar-refractivity contribution is -0.115. The highest BCUT2D eigenvalue weighted by atomic mass is 32.2. The second-order valence-electron chi connectivity index (χ2n) is 4.91. The van der Waals surface area contributed by atoms with E-state index in [0.717, 1.165) is 11.1 Å². The smallest absolute Gasteiger partial charge is 0.241 e. The molecule has 112 valence electrons. The van der Waals surface area contributed by atoms with Crippen molar-refractivity contribution >= 4 is 22.5 Å². The van der Waals surface area contributed by atoms with Crippen LogP contribution in [-0.2, 0) is 21.3 Å². The van der Waals surface area contributed by atoms with E-state index in [1.165, 1.54) is 0 Å². The van der Waals surface area contributed by atoms with Gasteiger partial charge in [-0.3, -0.25) is 9.00 Å². The zero-order valence-corrected chi connectivity index (χ0v) is 13.1. The van der Waals surface area contributed by atoms with Crippen LogP contribution >= 0.6 is 0 Å². The van der Waals surface area contributed by atoms with E-state index in [2.05, 4.69) is 10.5 Å². The third-order valence-electron chi connectivity index (χ3n) is 3.20. The second-order valence-corrected chi connectivity index (χ2v) is 6.66. The van der Waals surface area contributed by atoms with Crippen LogP contribution in [-0.4, -0.2) is 20.5 Å². The predicted octanol–water partition coefficient (Wildman–Crippen LogP) is 2.57. The number of anilines is 1. The largest absolute Gasteiger partial charge is 0.360 e. The number of nitrogens with zero attached hydrogens (tertiary/aromatic N) is 1. The van der Waals surface area contributed by atoms with Gasteiger partial charge in [0.2, 0.25) is 5.91 Å². The molecule has 0 bridgehead atoms. The van der Waals surface area contributed by atoms with Gasteiger partial charge in [0.15, 0.2) is 5.82 Å². The van der Waals surface area contributed by atoms with E-state index in [1.807, 2.05) is 31.2 Å². The third-order valence-corrected chi connectivity index (χ3v) is 4.80. The van der Waals surface area contributed by atoms with E-state index in [-0.39, 0.29) is 5.91 Å². The Morgan fingerprint density at radius 2 is 2.10 bits per heavy atom. The molecular weight excluding hydrogens is 288 g/mol. The monoisotopic (exact) mass is 306 g/mol. The minimum atomic E-state index is -1.29. The Hall–Kier alpha value is -1.95. The number of nitrogens with one attached hydrogen (secondary N) is 1. The Balaban J connectivity index is 1.98. The van der Waals surface area contributed by atoms with Crippen molar-refractivity contribution < 1.29 is 13.5 Å². The van der Waals surface area contributed by atoms with Gasteiger partial charge in [0.05, 0.1) is 0 Å². The van der Waals surface area contributed by atoms with E-state index in [4.69, 9.17) is 4.52 Å². The fourth-order valence-electron chi connectivity index (χ4n) is 1.82. The van der Waals surface area contributed by atoms with E-state index in [0.29, 0.717) is 17.3 Å². The minimum Gasteiger partial charge on any atom is -0.360 e. The number of carbonyl (C=O) groups excluding carboxylic acids is 1. The molecule has 0 unspecified atom stereocenters. The van der Waals surface area contributed by atoms with Gasteiger partial charge in [0.1, 0.15) is 11.0 Å². The summed E-state index contributed by atoms with van der Waals surface area (Å²) in [5, 5.41) is 5.67. The molecule has 0 saturated heterocycles. The molecule has 1 amide bonds. The van der Waals surface area contributed by atoms with E-state index < -0.39 is 16.0 Å². The van der Waals surface area contributed by atoms with Crippen molar-refractivity contribution in [2.75, 3.05) is 5.32 Å². The van der Waals surface area contributed by atoms with E-state index in [1.54, 1.807) is 19.9 Å². The molecule has 1 N–H and O–H groups in total. The molecule has 0 radical (unpaired) electrons. The molecule has 0 fully saturated rings. The maximum atomic E-state index is 12.3. The van der Waals surface area contributed by atoms with Gasteiger partial charge in [0, 0.05) is 22.6 Å². The van der Waals surface area contributed by atoms with Gasteiger partial charge in [-0.05, 0) is 31.9 Å². The van der Waals surface area contributed by atoms with Crippen molar-refractivity contribution in [3.63, 3.8) is 0 Å². The molecule has 0 aliphatic carbocycles. The summed E-state index contributed by atoms with van der Waals surface area (Å²) < 4.78 is 17.2. The Morgan fingerprint density at radius 3 is 2.71 bits per heavy atom. The van der Waals surface area contributed by atoms with Crippen LogP contribution in [0.2, 0.25) is 0 Å². The SMILES string of the molecule is Cc1cc(NC(=O)[C@@H](C)[S@@](=O)Cc2ccccc2C)no1. The van der Waals surface area contributed by atoms with Crippen LogP contribution in [0.5, 0.6) is 0 Å². The average molecular weight is 306 g/mol. The molecule has 2 atom stereocenters. The average Bonchev–Trinajstić information content (AvgIpc) is 2.85. The number of hydrogen-bond donors (Lipinski definition) is 1. The number of amides is 1. The summed E-state index contributed by atoms with van der Waals surface area (Å²) in [6, 6.07) is 9.36. The van der Waals surface area contributed by atoms with E-state index in [9.17, 15) is 9.00 Å². The van der Waals surface area contributed by atoms with Gasteiger partial charge in [-0.1, -0.05) is 29.4 Å². The van der Waals surface area contributed by atoms with Gasteiger partial charge in [-0.25, -0.2) is 0 Å². The minimum absolute atomic E-state index is 0.324. The highest BCUT2D eigenvalue weighted by Crippen LogP contribution is 2.14. The summed E-state index contributed by atoms with van der Waals surface area (Å²) in [5.41, 5.74) is 2.07. The predicted molar refractivity (Wildman–Crippen MR) is 82.4 cm³/mol. The number of hydrogen-bond acceptors (Lipinski definition) is 4. The molecule has 2 rings (SSSR count). The van der Waals surface area contributed by atoms with E-state index >= 15 is 0 Å². The lowest BCUT2D eigenvalue weighted by Crippen LogP contribution is -2.30. The Morgan fingerprint density at radius 1 is 1.38 bits per heavy atom. The van der Waals surface area contributed by atoms with Crippen LogP contribution in [0, 0.1) is 13.8 Å². The second kappa shape index (κ2) is 6.67. The highest BCUT2D eigenvalue weighted by Gasteiger charge is 2.21. The molecule has 0 aliphatic heterocycles. The summed E-state index contributed by atoms with van der Waals surface area (Å²) in [4.78, 5) is 12.1. The summed E-state index contributed by atoms with van der Waals surface area (Å²) in [6.07, 6.45) is 0. The molecular formula is C15H18N2O3S. The van der Waals surface area contributed by atoms with Crippen LogP contribution in [0.1, 0.15) is 23.8 Å². The lowest BCUT2D eigenvalue weighted by Gasteiger charge is -2.11. The number of aryl methyl sites for hydroxylation is 2. The molecule has 0 spiro atoms. The quantitative estimate of drug-likeness (QED) is 0.921. The molecule has 6 heteroatoms. The molecule has 1 aromatic carbocycles. The lowest BCUT2D eigenvalue weighted by atomic mass is 10.1. The van der Waals surface area contributed by atoms with Crippen molar-refractivity contribution in [1.82, 2.24) is 5.16 Å². The van der Waals surface area contributed by atoms with Crippen molar-refractivity contribution in [3.8, 4) is 0 Å². The van der Waals surface area contributed by atoms with Gasteiger partial charge in [0.25, 0.3) is 0 Å². The summed E-state index contributed by atoms with van der Waals surface area (Å²) in [6.45, 7) is 5.36. The summed E-state index contributed by atoms with van der Waals surface area (Å²) in [5.74, 6) is 0.991.